The Balaban J connectivity index is 1.66. The van der Waals surface area contributed by atoms with Gasteiger partial charge in [-0.25, -0.2) is 0 Å². The first kappa shape index (κ1) is 9.44. The molecular weight excluding hydrogens is 166 g/mol. The van der Waals surface area contributed by atoms with Gasteiger partial charge in [-0.2, -0.15) is 0 Å². The van der Waals surface area contributed by atoms with E-state index in [0.29, 0.717) is 11.5 Å². The molecule has 2 fully saturated rings. The quantitative estimate of drug-likeness (QED) is 0.705. The van der Waals surface area contributed by atoms with Gasteiger partial charge in [0.05, 0.1) is 25.9 Å². The van der Waals surface area contributed by atoms with Crippen molar-refractivity contribution in [3.63, 3.8) is 0 Å². The van der Waals surface area contributed by atoms with Gasteiger partial charge < -0.3 is 14.8 Å². The maximum atomic E-state index is 5.85. The maximum absolute atomic E-state index is 5.85. The van der Waals surface area contributed by atoms with Gasteiger partial charge in [-0.3, -0.25) is 0 Å². The first-order chi connectivity index (χ1) is 6.29. The Hall–Kier alpha value is -0.120. The second kappa shape index (κ2) is 3.95. The molecule has 3 nitrogen and oxygen atoms in total. The zero-order chi connectivity index (χ0) is 9.15. The smallest absolute Gasteiger partial charge is 0.0700 e. The summed E-state index contributed by atoms with van der Waals surface area (Å²) < 4.78 is 11.0. The predicted octanol–water partition coefficient (Wildman–Crippen LogP) is 0.791. The van der Waals surface area contributed by atoms with Crippen LogP contribution in [0, 0.1) is 5.41 Å². The van der Waals surface area contributed by atoms with Crippen molar-refractivity contribution in [1.29, 1.82) is 0 Å². The van der Waals surface area contributed by atoms with Crippen LogP contribution in [0.15, 0.2) is 0 Å². The zero-order valence-electron chi connectivity index (χ0n) is 8.34. The fourth-order valence-corrected chi connectivity index (χ4v) is 1.81. The summed E-state index contributed by atoms with van der Waals surface area (Å²) in [5.41, 5.74) is 0.303. The van der Waals surface area contributed by atoms with Gasteiger partial charge >= 0.3 is 0 Å². The van der Waals surface area contributed by atoms with E-state index < -0.39 is 0 Å². The summed E-state index contributed by atoms with van der Waals surface area (Å²) in [4.78, 5) is 0. The Bertz CT molecular complexity index is 162. The monoisotopic (exact) mass is 185 g/mol. The SMILES string of the molecule is CC1(CO[C@H]2CCCNC2)COC1. The molecule has 2 heterocycles. The van der Waals surface area contributed by atoms with Crippen LogP contribution in [0.2, 0.25) is 0 Å². The first-order valence-electron chi connectivity index (χ1n) is 5.19. The van der Waals surface area contributed by atoms with E-state index in [9.17, 15) is 0 Å². The standard InChI is InChI=1S/C10H19NO2/c1-10(6-12-7-10)8-13-9-3-2-4-11-5-9/h9,11H,2-8H2,1H3/t9-/m0/s1. The summed E-state index contributed by atoms with van der Waals surface area (Å²) in [6.07, 6.45) is 2.90. The molecule has 13 heavy (non-hydrogen) atoms. The first-order valence-corrected chi connectivity index (χ1v) is 5.19. The molecular formula is C10H19NO2. The Morgan fingerprint density at radius 3 is 2.92 bits per heavy atom. The summed E-state index contributed by atoms with van der Waals surface area (Å²) >= 11 is 0. The number of rotatable bonds is 3. The van der Waals surface area contributed by atoms with E-state index >= 15 is 0 Å². The molecule has 0 unspecified atom stereocenters. The molecule has 0 aliphatic carbocycles. The van der Waals surface area contributed by atoms with Gasteiger partial charge in [0.15, 0.2) is 0 Å². The third-order valence-corrected chi connectivity index (χ3v) is 2.82. The predicted molar refractivity (Wildman–Crippen MR) is 50.8 cm³/mol. The van der Waals surface area contributed by atoms with Crippen LogP contribution in [0.1, 0.15) is 19.8 Å². The van der Waals surface area contributed by atoms with Gasteiger partial charge in [0.1, 0.15) is 0 Å². The molecule has 2 rings (SSSR count). The van der Waals surface area contributed by atoms with E-state index in [0.717, 1.165) is 32.9 Å². The molecule has 1 atom stereocenters. The van der Waals surface area contributed by atoms with Gasteiger partial charge in [-0.15, -0.1) is 0 Å². The fraction of sp³-hybridized carbons (Fsp3) is 1.00. The Kier molecular flexibility index (Phi) is 2.86. The van der Waals surface area contributed by atoms with E-state index in [4.69, 9.17) is 9.47 Å². The molecule has 76 valence electrons. The zero-order valence-corrected chi connectivity index (χ0v) is 8.34. The lowest BCUT2D eigenvalue weighted by molar-refractivity contribution is -0.150. The Morgan fingerprint density at radius 1 is 1.54 bits per heavy atom. The molecule has 0 aromatic carbocycles. The average molecular weight is 185 g/mol. The van der Waals surface area contributed by atoms with Gasteiger partial charge in [-0.05, 0) is 19.4 Å². The van der Waals surface area contributed by atoms with E-state index in [1.165, 1.54) is 12.8 Å². The lowest BCUT2D eigenvalue weighted by Gasteiger charge is -2.39. The van der Waals surface area contributed by atoms with E-state index in [2.05, 4.69) is 12.2 Å². The van der Waals surface area contributed by atoms with Crippen LogP contribution in [0.25, 0.3) is 0 Å². The van der Waals surface area contributed by atoms with Crippen LogP contribution in [0.5, 0.6) is 0 Å². The minimum absolute atomic E-state index is 0.303. The molecule has 2 aliphatic rings. The van der Waals surface area contributed by atoms with E-state index in [1.54, 1.807) is 0 Å². The second-order valence-corrected chi connectivity index (χ2v) is 4.58. The summed E-state index contributed by atoms with van der Waals surface area (Å²) in [5.74, 6) is 0. The number of nitrogens with one attached hydrogen (secondary N) is 1. The van der Waals surface area contributed by atoms with Gasteiger partial charge in [0.25, 0.3) is 0 Å². The molecule has 0 saturated carbocycles. The molecule has 0 spiro atoms. The molecule has 0 aromatic rings. The Morgan fingerprint density at radius 2 is 2.38 bits per heavy atom. The van der Waals surface area contributed by atoms with Crippen molar-refractivity contribution in [2.75, 3.05) is 32.9 Å². The average Bonchev–Trinajstić information content (AvgIpc) is 2.13. The highest BCUT2D eigenvalue weighted by Crippen LogP contribution is 2.27. The lowest BCUT2D eigenvalue weighted by atomic mass is 9.90. The maximum Gasteiger partial charge on any atom is 0.0700 e. The summed E-state index contributed by atoms with van der Waals surface area (Å²) in [5, 5.41) is 3.35. The van der Waals surface area contributed by atoms with Crippen molar-refractivity contribution >= 4 is 0 Å². The highest BCUT2D eigenvalue weighted by Gasteiger charge is 2.34. The van der Waals surface area contributed by atoms with Crippen molar-refractivity contribution in [2.24, 2.45) is 5.41 Å². The van der Waals surface area contributed by atoms with Gasteiger partial charge in [0.2, 0.25) is 0 Å². The molecule has 1 N–H and O–H groups in total. The number of hydrogen-bond acceptors (Lipinski definition) is 3. The molecule has 0 aromatic heterocycles. The van der Waals surface area contributed by atoms with Crippen molar-refractivity contribution < 1.29 is 9.47 Å². The van der Waals surface area contributed by atoms with Crippen molar-refractivity contribution in [2.45, 2.75) is 25.9 Å². The molecule has 0 bridgehead atoms. The number of piperidine rings is 1. The normalized spacial score (nSPS) is 32.5. The topological polar surface area (TPSA) is 30.5 Å². The summed E-state index contributed by atoms with van der Waals surface area (Å²) in [7, 11) is 0. The highest BCUT2D eigenvalue weighted by atomic mass is 16.5. The summed E-state index contributed by atoms with van der Waals surface area (Å²) in [6.45, 7) is 7.00. The number of ether oxygens (including phenoxy) is 2. The highest BCUT2D eigenvalue weighted by molar-refractivity contribution is 4.81. The van der Waals surface area contributed by atoms with Gasteiger partial charge in [-0.1, -0.05) is 6.92 Å². The van der Waals surface area contributed by atoms with Crippen molar-refractivity contribution in [3.8, 4) is 0 Å². The van der Waals surface area contributed by atoms with Crippen LogP contribution < -0.4 is 5.32 Å². The minimum atomic E-state index is 0.303. The largest absolute Gasteiger partial charge is 0.380 e. The third kappa shape index (κ3) is 2.42. The van der Waals surface area contributed by atoms with Crippen molar-refractivity contribution in [3.05, 3.63) is 0 Å². The van der Waals surface area contributed by atoms with E-state index in [1.807, 2.05) is 0 Å². The molecule has 0 radical (unpaired) electrons. The molecule has 2 aliphatic heterocycles. The van der Waals surface area contributed by atoms with Crippen LogP contribution in [0.4, 0.5) is 0 Å². The molecule has 0 amide bonds. The summed E-state index contributed by atoms with van der Waals surface area (Å²) in [6, 6.07) is 0. The molecule has 3 heteroatoms. The van der Waals surface area contributed by atoms with Crippen LogP contribution in [-0.4, -0.2) is 39.0 Å². The van der Waals surface area contributed by atoms with Crippen LogP contribution in [0.3, 0.4) is 0 Å². The van der Waals surface area contributed by atoms with E-state index in [-0.39, 0.29) is 0 Å². The minimum Gasteiger partial charge on any atom is -0.380 e. The second-order valence-electron chi connectivity index (χ2n) is 4.58. The van der Waals surface area contributed by atoms with Crippen LogP contribution in [-0.2, 0) is 9.47 Å². The third-order valence-electron chi connectivity index (χ3n) is 2.82. The Labute approximate surface area is 79.8 Å². The van der Waals surface area contributed by atoms with Crippen LogP contribution >= 0.6 is 0 Å². The van der Waals surface area contributed by atoms with Crippen molar-refractivity contribution in [1.82, 2.24) is 5.32 Å². The lowest BCUT2D eigenvalue weighted by Crippen LogP contribution is -2.46. The fourth-order valence-electron chi connectivity index (χ4n) is 1.81. The number of hydrogen-bond donors (Lipinski definition) is 1. The molecule has 2 saturated heterocycles. The van der Waals surface area contributed by atoms with Gasteiger partial charge in [0, 0.05) is 12.0 Å².